The minimum absolute atomic E-state index is 0.205. The zero-order valence-corrected chi connectivity index (χ0v) is 17.5. The molecule has 2 aromatic carbocycles. The Hall–Kier alpha value is -2.25. The van der Waals surface area contributed by atoms with Gasteiger partial charge in [0.2, 0.25) is 15.9 Å². The van der Waals surface area contributed by atoms with Crippen molar-refractivity contribution >= 4 is 38.9 Å². The van der Waals surface area contributed by atoms with E-state index in [1.54, 1.807) is 18.2 Å². The summed E-state index contributed by atoms with van der Waals surface area (Å²) in [4.78, 5) is 12.8. The van der Waals surface area contributed by atoms with Gasteiger partial charge in [-0.2, -0.15) is 0 Å². The minimum atomic E-state index is -3.79. The molecule has 0 bridgehead atoms. The summed E-state index contributed by atoms with van der Waals surface area (Å²) in [5.74, 6) is -0.160. The Morgan fingerprint density at radius 2 is 1.89 bits per heavy atom. The van der Waals surface area contributed by atoms with Gasteiger partial charge in [0.05, 0.1) is 19.1 Å². The SMILES string of the molecule is COc1ccc(Cl)cc1N([C@H](C)C(=O)Nc1cccc(C)c1C)S(C)(=O)=O. The molecular formula is C19H23ClN2O4S. The molecule has 0 saturated heterocycles. The van der Waals surface area contributed by atoms with Crippen LogP contribution in [0, 0.1) is 13.8 Å². The molecule has 0 aliphatic rings. The monoisotopic (exact) mass is 410 g/mol. The number of nitrogens with zero attached hydrogens (tertiary/aromatic N) is 1. The molecule has 2 rings (SSSR count). The molecule has 0 heterocycles. The molecule has 0 aromatic heterocycles. The molecule has 0 fully saturated rings. The van der Waals surface area contributed by atoms with Gasteiger partial charge in [-0.15, -0.1) is 0 Å². The maximum atomic E-state index is 12.8. The molecule has 1 atom stereocenters. The van der Waals surface area contributed by atoms with E-state index in [0.29, 0.717) is 16.5 Å². The molecule has 2 aromatic rings. The van der Waals surface area contributed by atoms with Crippen LogP contribution in [-0.4, -0.2) is 33.7 Å². The van der Waals surface area contributed by atoms with Gasteiger partial charge < -0.3 is 10.1 Å². The van der Waals surface area contributed by atoms with Crippen LogP contribution in [0.1, 0.15) is 18.1 Å². The number of anilines is 2. The third-order valence-electron chi connectivity index (χ3n) is 4.33. The maximum Gasteiger partial charge on any atom is 0.248 e. The van der Waals surface area contributed by atoms with Crippen molar-refractivity contribution in [1.29, 1.82) is 0 Å². The highest BCUT2D eigenvalue weighted by Gasteiger charge is 2.31. The first-order valence-electron chi connectivity index (χ1n) is 8.26. The van der Waals surface area contributed by atoms with E-state index in [9.17, 15) is 13.2 Å². The summed E-state index contributed by atoms with van der Waals surface area (Å²) >= 11 is 6.04. The summed E-state index contributed by atoms with van der Waals surface area (Å²) in [6.07, 6.45) is 1.04. The van der Waals surface area contributed by atoms with Crippen molar-refractivity contribution in [3.05, 3.63) is 52.5 Å². The number of aryl methyl sites for hydroxylation is 1. The summed E-state index contributed by atoms with van der Waals surface area (Å²) in [6, 6.07) is 9.13. The fourth-order valence-corrected chi connectivity index (χ4v) is 4.08. The summed E-state index contributed by atoms with van der Waals surface area (Å²) in [5.41, 5.74) is 2.79. The fraction of sp³-hybridized carbons (Fsp3) is 0.316. The Morgan fingerprint density at radius 1 is 1.22 bits per heavy atom. The number of nitrogens with one attached hydrogen (secondary N) is 1. The molecule has 0 radical (unpaired) electrons. The largest absolute Gasteiger partial charge is 0.495 e. The molecular weight excluding hydrogens is 388 g/mol. The van der Waals surface area contributed by atoms with Crippen LogP contribution in [0.4, 0.5) is 11.4 Å². The lowest BCUT2D eigenvalue weighted by molar-refractivity contribution is -0.116. The predicted octanol–water partition coefficient (Wildman–Crippen LogP) is 3.76. The highest BCUT2D eigenvalue weighted by Crippen LogP contribution is 2.34. The second-order valence-electron chi connectivity index (χ2n) is 6.29. The first kappa shape index (κ1) is 21.1. The number of sulfonamides is 1. The molecule has 0 unspecified atom stereocenters. The Balaban J connectivity index is 2.44. The van der Waals surface area contributed by atoms with Crippen molar-refractivity contribution in [2.24, 2.45) is 0 Å². The molecule has 0 spiro atoms. The van der Waals surface area contributed by atoms with E-state index in [-0.39, 0.29) is 5.69 Å². The van der Waals surface area contributed by atoms with E-state index in [1.165, 1.54) is 20.1 Å². The standard InChI is InChI=1S/C19H23ClN2O4S/c1-12-7-6-8-16(13(12)2)21-19(23)14(3)22(27(5,24)25)17-11-15(20)9-10-18(17)26-4/h6-11,14H,1-5H3,(H,21,23)/t14-/m1/s1. The fourth-order valence-electron chi connectivity index (χ4n) is 2.74. The van der Waals surface area contributed by atoms with Gasteiger partial charge in [0.25, 0.3) is 0 Å². The van der Waals surface area contributed by atoms with Crippen LogP contribution in [-0.2, 0) is 14.8 Å². The number of carbonyl (C=O) groups excluding carboxylic acids is 1. The smallest absolute Gasteiger partial charge is 0.248 e. The van der Waals surface area contributed by atoms with Gasteiger partial charge in [-0.05, 0) is 56.2 Å². The lowest BCUT2D eigenvalue weighted by Crippen LogP contribution is -2.45. The van der Waals surface area contributed by atoms with Gasteiger partial charge in [-0.3, -0.25) is 9.10 Å². The third-order valence-corrected chi connectivity index (χ3v) is 5.79. The summed E-state index contributed by atoms with van der Waals surface area (Å²) < 4.78 is 31.2. The number of carbonyl (C=O) groups is 1. The molecule has 1 amide bonds. The van der Waals surface area contributed by atoms with Crippen molar-refractivity contribution in [2.75, 3.05) is 23.0 Å². The lowest BCUT2D eigenvalue weighted by atomic mass is 10.1. The van der Waals surface area contributed by atoms with E-state index in [0.717, 1.165) is 21.7 Å². The van der Waals surface area contributed by atoms with Crippen molar-refractivity contribution in [1.82, 2.24) is 0 Å². The topological polar surface area (TPSA) is 75.7 Å². The highest BCUT2D eigenvalue weighted by atomic mass is 35.5. The van der Waals surface area contributed by atoms with Gasteiger partial charge in [-0.1, -0.05) is 23.7 Å². The van der Waals surface area contributed by atoms with Gasteiger partial charge in [0.1, 0.15) is 11.8 Å². The number of hydrogen-bond donors (Lipinski definition) is 1. The molecule has 8 heteroatoms. The van der Waals surface area contributed by atoms with Gasteiger partial charge in [0.15, 0.2) is 0 Å². The van der Waals surface area contributed by atoms with Crippen LogP contribution in [0.3, 0.4) is 0 Å². The van der Waals surface area contributed by atoms with Gasteiger partial charge >= 0.3 is 0 Å². The normalized spacial score (nSPS) is 12.4. The zero-order valence-electron chi connectivity index (χ0n) is 15.9. The number of ether oxygens (including phenoxy) is 1. The molecule has 146 valence electrons. The van der Waals surface area contributed by atoms with Crippen molar-refractivity contribution in [3.63, 3.8) is 0 Å². The first-order valence-corrected chi connectivity index (χ1v) is 10.5. The molecule has 0 saturated carbocycles. The number of rotatable bonds is 6. The number of methoxy groups -OCH3 is 1. The van der Waals surface area contributed by atoms with Gasteiger partial charge in [-0.25, -0.2) is 8.42 Å². The Morgan fingerprint density at radius 3 is 2.48 bits per heavy atom. The van der Waals surface area contributed by atoms with Crippen LogP contribution < -0.4 is 14.4 Å². The molecule has 1 N–H and O–H groups in total. The summed E-state index contributed by atoms with van der Waals surface area (Å²) in [7, 11) is -2.36. The lowest BCUT2D eigenvalue weighted by Gasteiger charge is -2.29. The van der Waals surface area contributed by atoms with E-state index < -0.39 is 22.0 Å². The Bertz CT molecular complexity index is 960. The van der Waals surface area contributed by atoms with Crippen molar-refractivity contribution in [3.8, 4) is 5.75 Å². The maximum absolute atomic E-state index is 12.8. The van der Waals surface area contributed by atoms with E-state index in [4.69, 9.17) is 16.3 Å². The van der Waals surface area contributed by atoms with Gasteiger partial charge in [0, 0.05) is 10.7 Å². The predicted molar refractivity (Wildman–Crippen MR) is 109 cm³/mol. The van der Waals surface area contributed by atoms with Crippen LogP contribution in [0.2, 0.25) is 5.02 Å². The molecule has 0 aliphatic heterocycles. The average molecular weight is 411 g/mol. The third kappa shape index (κ3) is 4.73. The second kappa shape index (κ2) is 8.19. The summed E-state index contributed by atoms with van der Waals surface area (Å²) in [5, 5.41) is 3.14. The minimum Gasteiger partial charge on any atom is -0.495 e. The number of hydrogen-bond acceptors (Lipinski definition) is 4. The van der Waals surface area contributed by atoms with E-state index in [1.807, 2.05) is 26.0 Å². The zero-order chi connectivity index (χ0) is 20.4. The van der Waals surface area contributed by atoms with Crippen LogP contribution in [0.25, 0.3) is 0 Å². The number of benzene rings is 2. The Labute approximate surface area is 165 Å². The second-order valence-corrected chi connectivity index (χ2v) is 8.58. The molecule has 6 nitrogen and oxygen atoms in total. The van der Waals surface area contributed by atoms with Crippen molar-refractivity contribution < 1.29 is 17.9 Å². The first-order chi connectivity index (χ1) is 12.6. The Kier molecular flexibility index (Phi) is 6.38. The number of amides is 1. The molecule has 27 heavy (non-hydrogen) atoms. The van der Waals surface area contributed by atoms with E-state index in [2.05, 4.69) is 5.32 Å². The molecule has 0 aliphatic carbocycles. The van der Waals surface area contributed by atoms with Crippen molar-refractivity contribution in [2.45, 2.75) is 26.8 Å². The van der Waals surface area contributed by atoms with Crippen LogP contribution in [0.5, 0.6) is 5.75 Å². The highest BCUT2D eigenvalue weighted by molar-refractivity contribution is 7.92. The quantitative estimate of drug-likeness (QED) is 0.786. The van der Waals surface area contributed by atoms with Crippen LogP contribution in [0.15, 0.2) is 36.4 Å². The van der Waals surface area contributed by atoms with E-state index >= 15 is 0 Å². The number of halogens is 1. The van der Waals surface area contributed by atoms with Crippen LogP contribution >= 0.6 is 11.6 Å². The average Bonchev–Trinajstić information content (AvgIpc) is 2.58. The summed E-state index contributed by atoms with van der Waals surface area (Å²) in [6.45, 7) is 5.35.